The Hall–Kier alpha value is -4.75. The lowest BCUT2D eigenvalue weighted by Crippen LogP contribution is -2.52. The molecule has 202 valence electrons. The summed E-state index contributed by atoms with van der Waals surface area (Å²) in [7, 11) is 1.53. The van der Waals surface area contributed by atoms with E-state index in [1.54, 1.807) is 24.0 Å². The highest BCUT2D eigenvalue weighted by Gasteiger charge is 2.35. The van der Waals surface area contributed by atoms with Gasteiger partial charge in [0.2, 0.25) is 5.82 Å². The molecule has 0 spiro atoms. The van der Waals surface area contributed by atoms with Crippen molar-refractivity contribution in [1.29, 1.82) is 0 Å². The number of aromatic nitrogens is 8. The average molecular weight is 534 g/mol. The summed E-state index contributed by atoms with van der Waals surface area (Å²) in [6.45, 7) is 8.57. The van der Waals surface area contributed by atoms with Crippen molar-refractivity contribution in [2.24, 2.45) is 0 Å². The normalized spacial score (nSPS) is 14.1. The molecule has 1 aliphatic rings. The molecule has 6 rings (SSSR count). The van der Waals surface area contributed by atoms with E-state index in [2.05, 4.69) is 25.6 Å². The molecule has 0 unspecified atom stereocenters. The van der Waals surface area contributed by atoms with Crippen molar-refractivity contribution in [3.8, 4) is 23.1 Å². The molecule has 0 N–H and O–H groups in total. The van der Waals surface area contributed by atoms with Crippen molar-refractivity contribution in [1.82, 2.24) is 44.6 Å². The van der Waals surface area contributed by atoms with E-state index >= 15 is 0 Å². The maximum atomic E-state index is 12.2. The predicted molar refractivity (Wildman–Crippen MR) is 136 cm³/mol. The fourth-order valence-corrected chi connectivity index (χ4v) is 4.15. The molecular weight excluding hydrogens is 506 g/mol. The first kappa shape index (κ1) is 24.6. The van der Waals surface area contributed by atoms with E-state index in [0.29, 0.717) is 47.5 Å². The number of nitrogens with zero attached hydrogens (tertiary/aromatic N) is 9. The largest absolute Gasteiger partial charge is 0.491 e. The first-order valence-corrected chi connectivity index (χ1v) is 12.4. The number of rotatable bonds is 6. The summed E-state index contributed by atoms with van der Waals surface area (Å²) >= 11 is 0. The Morgan fingerprint density at radius 1 is 1.13 bits per heavy atom. The van der Waals surface area contributed by atoms with E-state index in [0.717, 1.165) is 11.0 Å². The number of likely N-dealkylation sites (tertiary alicyclic amines) is 1. The van der Waals surface area contributed by atoms with Gasteiger partial charge in [-0.15, -0.1) is 15.3 Å². The number of ether oxygens (including phenoxy) is 3. The number of hydrogen-bond donors (Lipinski definition) is 0. The molecule has 1 aliphatic heterocycles. The Kier molecular flexibility index (Phi) is 5.81. The van der Waals surface area contributed by atoms with E-state index < -0.39 is 5.60 Å². The molecule has 0 aliphatic carbocycles. The highest BCUT2D eigenvalue weighted by molar-refractivity contribution is 5.73. The second-order valence-corrected chi connectivity index (χ2v) is 10.3. The zero-order valence-corrected chi connectivity index (χ0v) is 22.2. The van der Waals surface area contributed by atoms with Crippen molar-refractivity contribution >= 4 is 22.8 Å². The van der Waals surface area contributed by atoms with Crippen LogP contribution < -0.4 is 9.47 Å². The second-order valence-electron chi connectivity index (χ2n) is 10.3. The van der Waals surface area contributed by atoms with Gasteiger partial charge in [0.25, 0.3) is 5.88 Å². The van der Waals surface area contributed by atoms with E-state index in [9.17, 15) is 4.79 Å². The fourth-order valence-electron chi connectivity index (χ4n) is 4.15. The smallest absolute Gasteiger partial charge is 0.410 e. The van der Waals surface area contributed by atoms with Crippen LogP contribution in [-0.2, 0) is 11.3 Å². The summed E-state index contributed by atoms with van der Waals surface area (Å²) < 4.78 is 25.4. The summed E-state index contributed by atoms with van der Waals surface area (Å²) in [5, 5.41) is 21.5. The minimum Gasteiger partial charge on any atom is -0.491 e. The van der Waals surface area contributed by atoms with E-state index in [4.69, 9.17) is 23.7 Å². The summed E-state index contributed by atoms with van der Waals surface area (Å²) in [6.07, 6.45) is 1.56. The molecule has 1 saturated heterocycles. The van der Waals surface area contributed by atoms with E-state index in [1.165, 1.54) is 11.6 Å². The van der Waals surface area contributed by atoms with Crippen molar-refractivity contribution in [2.45, 2.75) is 45.9 Å². The predicted octanol–water partition coefficient (Wildman–Crippen LogP) is 3.21. The van der Waals surface area contributed by atoms with Crippen LogP contribution in [0.1, 0.15) is 38.3 Å². The van der Waals surface area contributed by atoms with Gasteiger partial charge < -0.3 is 23.6 Å². The number of carbonyl (C=O) groups excluding carboxylic acids is 1. The lowest BCUT2D eigenvalue weighted by atomic mass is 10.1. The van der Waals surface area contributed by atoms with Gasteiger partial charge in [-0.2, -0.15) is 9.61 Å². The van der Waals surface area contributed by atoms with Gasteiger partial charge in [-0.05, 0) is 39.8 Å². The summed E-state index contributed by atoms with van der Waals surface area (Å²) in [4.78, 5) is 18.6. The van der Waals surface area contributed by atoms with Gasteiger partial charge in [0.05, 0.1) is 25.0 Å². The highest BCUT2D eigenvalue weighted by Crippen LogP contribution is 2.29. The summed E-state index contributed by atoms with van der Waals surface area (Å²) in [5.41, 5.74) is 2.63. The molecule has 0 saturated carbocycles. The Balaban J connectivity index is 1.17. The minimum absolute atomic E-state index is 0.0677. The Bertz CT molecular complexity index is 1680. The average Bonchev–Trinajstić information content (AvgIpc) is 3.57. The fraction of sp³-hybridized carbons (Fsp3) is 0.400. The maximum Gasteiger partial charge on any atom is 0.410 e. The molecule has 0 atom stereocenters. The Labute approximate surface area is 222 Å². The van der Waals surface area contributed by atoms with Crippen molar-refractivity contribution in [3.05, 3.63) is 41.9 Å². The summed E-state index contributed by atoms with van der Waals surface area (Å²) in [6, 6.07) is 7.24. The van der Waals surface area contributed by atoms with Gasteiger partial charge in [-0.1, -0.05) is 5.16 Å². The number of methoxy groups -OCH3 is 1. The van der Waals surface area contributed by atoms with Crippen LogP contribution in [0.5, 0.6) is 11.6 Å². The minimum atomic E-state index is -0.523. The number of carbonyl (C=O) groups is 1. The molecule has 0 radical (unpaired) electrons. The van der Waals surface area contributed by atoms with Crippen molar-refractivity contribution in [2.75, 3.05) is 20.2 Å². The molecule has 1 fully saturated rings. The molecule has 0 bridgehead atoms. The topological polar surface area (TPSA) is 148 Å². The molecule has 1 amide bonds. The quantitative estimate of drug-likeness (QED) is 0.317. The first-order valence-electron chi connectivity index (χ1n) is 12.4. The van der Waals surface area contributed by atoms with Crippen molar-refractivity contribution in [3.63, 3.8) is 0 Å². The second kappa shape index (κ2) is 9.22. The number of hydrogen-bond acceptors (Lipinski definition) is 11. The first-order chi connectivity index (χ1) is 18.7. The molecule has 5 aromatic heterocycles. The maximum absolute atomic E-state index is 12.2. The monoisotopic (exact) mass is 533 g/mol. The molecule has 0 aromatic carbocycles. The molecule has 6 heterocycles. The van der Waals surface area contributed by atoms with Gasteiger partial charge in [0.15, 0.2) is 17.1 Å². The number of pyridine rings is 1. The van der Waals surface area contributed by atoms with Crippen LogP contribution in [0.4, 0.5) is 4.79 Å². The van der Waals surface area contributed by atoms with Crippen LogP contribution in [0.2, 0.25) is 0 Å². The SMILES string of the molecule is COc1cc2nnc(-c3cc(C)on3)n2nc1OCc1ccc2nn(C3CN(C(=O)OC(C)(C)C)C3)cc2n1. The zero-order chi connectivity index (χ0) is 27.3. The van der Waals surface area contributed by atoms with Crippen LogP contribution in [0.3, 0.4) is 0 Å². The van der Waals surface area contributed by atoms with Crippen LogP contribution >= 0.6 is 0 Å². The molecule has 14 nitrogen and oxygen atoms in total. The van der Waals surface area contributed by atoms with Crippen LogP contribution in [0.15, 0.2) is 35.0 Å². The molecule has 39 heavy (non-hydrogen) atoms. The highest BCUT2D eigenvalue weighted by atomic mass is 16.6. The third-order valence-corrected chi connectivity index (χ3v) is 6.09. The van der Waals surface area contributed by atoms with Crippen molar-refractivity contribution < 1.29 is 23.5 Å². The van der Waals surface area contributed by atoms with Gasteiger partial charge >= 0.3 is 6.09 Å². The number of fused-ring (bicyclic) bond motifs is 2. The molecular formula is C25H27N9O5. The Morgan fingerprint density at radius 3 is 2.67 bits per heavy atom. The zero-order valence-electron chi connectivity index (χ0n) is 22.2. The van der Waals surface area contributed by atoms with Crippen LogP contribution in [0, 0.1) is 6.92 Å². The van der Waals surface area contributed by atoms with Gasteiger partial charge in [-0.3, -0.25) is 4.68 Å². The van der Waals surface area contributed by atoms with Crippen LogP contribution in [0.25, 0.3) is 28.2 Å². The van der Waals surface area contributed by atoms with Gasteiger partial charge in [0, 0.05) is 25.2 Å². The Morgan fingerprint density at radius 2 is 1.95 bits per heavy atom. The standard InChI is InChI=1S/C25H27N9O5/c1-14-8-18(31-39-14)22-28-27-21-9-20(36-5)23(30-34(21)22)37-13-15-6-7-17-19(26-15)12-33(29-17)16-10-32(11-16)24(35)38-25(2,3)4/h6-9,12,16H,10-11,13H2,1-5H3. The van der Waals surface area contributed by atoms with E-state index in [-0.39, 0.29) is 24.6 Å². The third kappa shape index (κ3) is 4.80. The lowest BCUT2D eigenvalue weighted by Gasteiger charge is -2.39. The lowest BCUT2D eigenvalue weighted by molar-refractivity contribution is -0.000298. The number of aryl methyl sites for hydroxylation is 1. The molecule has 5 aromatic rings. The van der Waals surface area contributed by atoms with Crippen LogP contribution in [-0.4, -0.2) is 76.5 Å². The third-order valence-electron chi connectivity index (χ3n) is 6.09. The summed E-state index contributed by atoms with van der Waals surface area (Å²) in [5.74, 6) is 1.73. The van der Waals surface area contributed by atoms with E-state index in [1.807, 2.05) is 43.8 Å². The van der Waals surface area contributed by atoms with Gasteiger partial charge in [0.1, 0.15) is 29.0 Å². The van der Waals surface area contributed by atoms with Gasteiger partial charge in [-0.25, -0.2) is 9.78 Å². The molecule has 14 heteroatoms. The number of amides is 1.